The molecule has 3 rings (SSSR count). The minimum atomic E-state index is -0.301. The number of halogens is 1. The lowest BCUT2D eigenvalue weighted by Gasteiger charge is -2.33. The molecule has 128 valence electrons. The van der Waals surface area contributed by atoms with Crippen molar-refractivity contribution in [1.82, 2.24) is 30.3 Å². The maximum atomic E-state index is 12.9. The Kier molecular flexibility index (Phi) is 5.05. The van der Waals surface area contributed by atoms with Gasteiger partial charge in [-0.2, -0.15) is 5.10 Å². The van der Waals surface area contributed by atoms with E-state index in [1.807, 2.05) is 4.90 Å². The summed E-state index contributed by atoms with van der Waals surface area (Å²) in [6.07, 6.45) is 0. The van der Waals surface area contributed by atoms with Gasteiger partial charge in [-0.25, -0.2) is 14.2 Å². The average Bonchev–Trinajstić information content (AvgIpc) is 3.09. The predicted molar refractivity (Wildman–Crippen MR) is 87.7 cm³/mol. The van der Waals surface area contributed by atoms with Crippen LogP contribution in [-0.2, 0) is 6.54 Å². The lowest BCUT2D eigenvalue weighted by molar-refractivity contribution is 0.142. The molecule has 0 saturated carbocycles. The Labute approximate surface area is 139 Å². The van der Waals surface area contributed by atoms with Crippen LogP contribution in [0.25, 0.3) is 11.4 Å². The molecule has 1 aromatic carbocycles. The number of carbonyl (C=O) groups excluding carboxylic acids is 1. The number of amides is 2. The number of aromatic nitrogens is 3. The van der Waals surface area contributed by atoms with Crippen molar-refractivity contribution in [3.05, 3.63) is 35.9 Å². The molecule has 1 aromatic heterocycles. The van der Waals surface area contributed by atoms with E-state index in [4.69, 9.17) is 0 Å². The Hall–Kier alpha value is -2.48. The number of aromatic amines is 1. The van der Waals surface area contributed by atoms with Crippen LogP contribution in [0.1, 0.15) is 12.7 Å². The van der Waals surface area contributed by atoms with Crippen molar-refractivity contribution in [3.8, 4) is 11.4 Å². The molecule has 2 heterocycles. The van der Waals surface area contributed by atoms with E-state index in [2.05, 4.69) is 32.3 Å². The van der Waals surface area contributed by atoms with E-state index in [0.717, 1.165) is 38.3 Å². The van der Waals surface area contributed by atoms with E-state index >= 15 is 0 Å². The van der Waals surface area contributed by atoms with E-state index in [1.54, 1.807) is 12.1 Å². The fourth-order valence-electron chi connectivity index (χ4n) is 2.64. The molecule has 0 atom stereocenters. The maximum Gasteiger partial charge on any atom is 0.317 e. The molecule has 2 N–H and O–H groups in total. The van der Waals surface area contributed by atoms with Crippen molar-refractivity contribution in [1.29, 1.82) is 0 Å². The third-order valence-corrected chi connectivity index (χ3v) is 4.15. The molecule has 0 radical (unpaired) electrons. The van der Waals surface area contributed by atoms with E-state index < -0.39 is 0 Å². The van der Waals surface area contributed by atoms with Gasteiger partial charge in [0.2, 0.25) is 0 Å². The number of rotatable bonds is 4. The summed E-state index contributed by atoms with van der Waals surface area (Å²) < 4.78 is 12.9. The van der Waals surface area contributed by atoms with Crippen molar-refractivity contribution < 1.29 is 9.18 Å². The standard InChI is InChI=1S/C16H21FN6O/c1-2-22-7-9-23(10-8-22)16(24)18-11-14-19-15(21-20-14)12-3-5-13(17)6-4-12/h3-6H,2,7-11H2,1H3,(H,18,24)(H,19,20,21). The van der Waals surface area contributed by atoms with Crippen LogP contribution >= 0.6 is 0 Å². The van der Waals surface area contributed by atoms with Crippen molar-refractivity contribution in [2.45, 2.75) is 13.5 Å². The van der Waals surface area contributed by atoms with Crippen molar-refractivity contribution in [2.24, 2.45) is 0 Å². The minimum absolute atomic E-state index is 0.0921. The molecule has 0 bridgehead atoms. The Morgan fingerprint density at radius 2 is 1.96 bits per heavy atom. The highest BCUT2D eigenvalue weighted by molar-refractivity contribution is 5.74. The van der Waals surface area contributed by atoms with Gasteiger partial charge in [0, 0.05) is 31.7 Å². The number of carbonyl (C=O) groups is 1. The number of hydrogen-bond donors (Lipinski definition) is 2. The summed E-state index contributed by atoms with van der Waals surface area (Å²) >= 11 is 0. The second kappa shape index (κ2) is 7.39. The maximum absolute atomic E-state index is 12.9. The lowest BCUT2D eigenvalue weighted by atomic mass is 10.2. The summed E-state index contributed by atoms with van der Waals surface area (Å²) in [6, 6.07) is 5.87. The van der Waals surface area contributed by atoms with E-state index in [-0.39, 0.29) is 18.4 Å². The molecule has 1 aliphatic rings. The first-order chi connectivity index (χ1) is 11.7. The second-order valence-electron chi connectivity index (χ2n) is 5.69. The zero-order valence-corrected chi connectivity index (χ0v) is 13.6. The van der Waals surface area contributed by atoms with Crippen LogP contribution in [0.3, 0.4) is 0 Å². The molecular formula is C16H21FN6O. The molecule has 0 unspecified atom stereocenters. The molecule has 0 spiro atoms. The molecule has 1 aliphatic heterocycles. The minimum Gasteiger partial charge on any atom is -0.331 e. The van der Waals surface area contributed by atoms with Crippen molar-refractivity contribution in [3.63, 3.8) is 0 Å². The van der Waals surface area contributed by atoms with Gasteiger partial charge in [-0.05, 0) is 30.8 Å². The molecule has 2 amide bonds. The van der Waals surface area contributed by atoms with Crippen LogP contribution in [0.5, 0.6) is 0 Å². The monoisotopic (exact) mass is 332 g/mol. The van der Waals surface area contributed by atoms with Crippen LogP contribution < -0.4 is 5.32 Å². The SMILES string of the molecule is CCN1CCN(C(=O)NCc2nc(-c3ccc(F)cc3)n[nH]2)CC1. The number of likely N-dealkylation sites (N-methyl/N-ethyl adjacent to an activating group) is 1. The second-order valence-corrected chi connectivity index (χ2v) is 5.69. The third kappa shape index (κ3) is 3.88. The van der Waals surface area contributed by atoms with Crippen LogP contribution in [0.15, 0.2) is 24.3 Å². The Morgan fingerprint density at radius 3 is 2.62 bits per heavy atom. The predicted octanol–water partition coefficient (Wildman–Crippen LogP) is 1.46. The molecule has 2 aromatic rings. The Morgan fingerprint density at radius 1 is 1.25 bits per heavy atom. The van der Waals surface area contributed by atoms with Gasteiger partial charge in [-0.1, -0.05) is 6.92 Å². The molecule has 24 heavy (non-hydrogen) atoms. The van der Waals surface area contributed by atoms with E-state index in [0.29, 0.717) is 11.6 Å². The number of H-pyrrole nitrogens is 1. The highest BCUT2D eigenvalue weighted by Crippen LogP contribution is 2.14. The Bertz CT molecular complexity index is 678. The van der Waals surface area contributed by atoms with Gasteiger partial charge >= 0.3 is 6.03 Å². The highest BCUT2D eigenvalue weighted by atomic mass is 19.1. The van der Waals surface area contributed by atoms with Gasteiger partial charge in [-0.3, -0.25) is 5.10 Å². The molecule has 1 fully saturated rings. The van der Waals surface area contributed by atoms with Gasteiger partial charge in [0.05, 0.1) is 6.54 Å². The largest absolute Gasteiger partial charge is 0.331 e. The summed E-state index contributed by atoms with van der Waals surface area (Å²) in [7, 11) is 0. The van der Waals surface area contributed by atoms with Gasteiger partial charge in [0.1, 0.15) is 11.6 Å². The quantitative estimate of drug-likeness (QED) is 0.889. The smallest absolute Gasteiger partial charge is 0.317 e. The number of piperazine rings is 1. The van der Waals surface area contributed by atoms with Crippen LogP contribution in [-0.4, -0.2) is 63.7 Å². The number of nitrogens with zero attached hydrogens (tertiary/aromatic N) is 4. The molecular weight excluding hydrogens is 311 g/mol. The zero-order chi connectivity index (χ0) is 16.9. The first-order valence-corrected chi connectivity index (χ1v) is 8.08. The fourth-order valence-corrected chi connectivity index (χ4v) is 2.64. The molecule has 1 saturated heterocycles. The number of hydrogen-bond acceptors (Lipinski definition) is 4. The highest BCUT2D eigenvalue weighted by Gasteiger charge is 2.20. The summed E-state index contributed by atoms with van der Waals surface area (Å²) in [5.74, 6) is 0.746. The van der Waals surface area contributed by atoms with Gasteiger partial charge in [0.15, 0.2) is 5.82 Å². The van der Waals surface area contributed by atoms with Gasteiger partial charge in [-0.15, -0.1) is 0 Å². The number of nitrogens with one attached hydrogen (secondary N) is 2. The van der Waals surface area contributed by atoms with Crippen LogP contribution in [0, 0.1) is 5.82 Å². The number of benzene rings is 1. The van der Waals surface area contributed by atoms with E-state index in [1.165, 1.54) is 12.1 Å². The zero-order valence-electron chi connectivity index (χ0n) is 13.6. The fraction of sp³-hybridized carbons (Fsp3) is 0.438. The van der Waals surface area contributed by atoms with E-state index in [9.17, 15) is 9.18 Å². The number of urea groups is 1. The summed E-state index contributed by atoms with van der Waals surface area (Å²) in [4.78, 5) is 20.6. The molecule has 0 aliphatic carbocycles. The normalized spacial score (nSPS) is 15.5. The average molecular weight is 332 g/mol. The lowest BCUT2D eigenvalue weighted by Crippen LogP contribution is -2.51. The summed E-state index contributed by atoms with van der Waals surface area (Å²) in [5.41, 5.74) is 0.723. The Balaban J connectivity index is 1.52. The topological polar surface area (TPSA) is 77.2 Å². The summed E-state index contributed by atoms with van der Waals surface area (Å²) in [5, 5.41) is 9.74. The third-order valence-electron chi connectivity index (χ3n) is 4.15. The first-order valence-electron chi connectivity index (χ1n) is 8.08. The van der Waals surface area contributed by atoms with Crippen LogP contribution in [0.2, 0.25) is 0 Å². The summed E-state index contributed by atoms with van der Waals surface area (Å²) in [6.45, 7) is 6.69. The van der Waals surface area contributed by atoms with Gasteiger partial charge < -0.3 is 15.1 Å². The first kappa shape index (κ1) is 16.4. The van der Waals surface area contributed by atoms with Crippen LogP contribution in [0.4, 0.5) is 9.18 Å². The van der Waals surface area contributed by atoms with Crippen molar-refractivity contribution >= 4 is 6.03 Å². The molecule has 7 nitrogen and oxygen atoms in total. The van der Waals surface area contributed by atoms with Crippen molar-refractivity contribution in [2.75, 3.05) is 32.7 Å². The molecule has 8 heteroatoms. The van der Waals surface area contributed by atoms with Gasteiger partial charge in [0.25, 0.3) is 0 Å².